The van der Waals surface area contributed by atoms with Crippen LogP contribution in [0.5, 0.6) is 5.75 Å². The highest BCUT2D eigenvalue weighted by Crippen LogP contribution is 2.18. The van der Waals surface area contributed by atoms with Crippen molar-refractivity contribution in [2.75, 3.05) is 0 Å². The second-order valence-corrected chi connectivity index (χ2v) is 6.71. The molecule has 0 aliphatic heterocycles. The summed E-state index contributed by atoms with van der Waals surface area (Å²) in [6, 6.07) is 13.5. The van der Waals surface area contributed by atoms with Gasteiger partial charge in [-0.1, -0.05) is 23.4 Å². The Morgan fingerprint density at radius 1 is 1.24 bits per heavy atom. The van der Waals surface area contributed by atoms with Crippen molar-refractivity contribution in [1.82, 2.24) is 20.3 Å². The average molecular weight is 395 g/mol. The number of nitrogens with zero attached hydrogens (tertiary/aromatic N) is 4. The largest absolute Gasteiger partial charge is 0.491 e. The van der Waals surface area contributed by atoms with Gasteiger partial charge in [0.25, 0.3) is 11.6 Å². The van der Waals surface area contributed by atoms with Gasteiger partial charge >= 0.3 is 0 Å². The highest BCUT2D eigenvalue weighted by molar-refractivity contribution is 5.93. The maximum absolute atomic E-state index is 12.5. The van der Waals surface area contributed by atoms with Gasteiger partial charge in [0.1, 0.15) is 5.75 Å². The Kier molecular flexibility index (Phi) is 5.87. The van der Waals surface area contributed by atoms with Crippen LogP contribution < -0.4 is 10.1 Å². The van der Waals surface area contributed by atoms with Crippen LogP contribution in [-0.2, 0) is 6.54 Å². The van der Waals surface area contributed by atoms with Crippen molar-refractivity contribution >= 4 is 11.6 Å². The second kappa shape index (κ2) is 8.51. The first-order chi connectivity index (χ1) is 13.8. The number of nitrogens with one attached hydrogen (secondary N) is 1. The molecular weight excluding hydrogens is 374 g/mol. The van der Waals surface area contributed by atoms with E-state index < -0.39 is 4.92 Å². The monoisotopic (exact) mass is 395 g/mol. The summed E-state index contributed by atoms with van der Waals surface area (Å²) in [5.74, 6) is 0.396. The minimum atomic E-state index is -0.485. The predicted molar refractivity (Wildman–Crippen MR) is 106 cm³/mol. The average Bonchev–Trinajstić information content (AvgIpc) is 3.08. The van der Waals surface area contributed by atoms with E-state index in [0.29, 0.717) is 17.9 Å². The van der Waals surface area contributed by atoms with Crippen molar-refractivity contribution in [3.05, 3.63) is 75.6 Å². The molecule has 2 aromatic carbocycles. The number of amides is 1. The molecule has 3 rings (SSSR count). The topological polar surface area (TPSA) is 112 Å². The van der Waals surface area contributed by atoms with Crippen LogP contribution in [0, 0.1) is 17.0 Å². The fraction of sp³-hybridized carbons (Fsp3) is 0.250. The van der Waals surface area contributed by atoms with Crippen molar-refractivity contribution in [3.8, 4) is 11.4 Å². The third-order valence-electron chi connectivity index (χ3n) is 4.14. The standard InChI is InChI=1S/C20H21N5O4/c1-13(2)29-18-9-7-15(8-10-18)12-21-20(26)19-14(3)24(23-22-19)16-5-4-6-17(11-16)25(27)28/h4-11,13H,12H2,1-3H3,(H,21,26). The lowest BCUT2D eigenvalue weighted by Gasteiger charge is -2.10. The van der Waals surface area contributed by atoms with E-state index in [1.807, 2.05) is 38.1 Å². The van der Waals surface area contributed by atoms with Gasteiger partial charge in [-0.3, -0.25) is 14.9 Å². The van der Waals surface area contributed by atoms with E-state index in [4.69, 9.17) is 4.74 Å². The number of benzene rings is 2. The summed E-state index contributed by atoms with van der Waals surface area (Å²) in [6.07, 6.45) is 0.0946. The van der Waals surface area contributed by atoms with Crippen LogP contribution in [0.4, 0.5) is 5.69 Å². The maximum atomic E-state index is 12.5. The van der Waals surface area contributed by atoms with E-state index in [-0.39, 0.29) is 23.4 Å². The molecule has 1 N–H and O–H groups in total. The van der Waals surface area contributed by atoms with Crippen molar-refractivity contribution in [1.29, 1.82) is 0 Å². The zero-order valence-corrected chi connectivity index (χ0v) is 16.3. The molecule has 0 saturated heterocycles. The number of hydrogen-bond acceptors (Lipinski definition) is 6. The molecule has 9 nitrogen and oxygen atoms in total. The van der Waals surface area contributed by atoms with Crippen molar-refractivity contribution in [2.24, 2.45) is 0 Å². The number of hydrogen-bond donors (Lipinski definition) is 1. The Hall–Kier alpha value is -3.75. The first kappa shape index (κ1) is 20.0. The summed E-state index contributed by atoms with van der Waals surface area (Å²) in [7, 11) is 0. The third kappa shape index (κ3) is 4.75. The first-order valence-corrected chi connectivity index (χ1v) is 9.06. The molecule has 150 valence electrons. The summed E-state index contributed by atoms with van der Waals surface area (Å²) >= 11 is 0. The van der Waals surface area contributed by atoms with Gasteiger partial charge in [0, 0.05) is 18.7 Å². The Bertz CT molecular complexity index is 1030. The van der Waals surface area contributed by atoms with Crippen LogP contribution in [0.1, 0.15) is 35.6 Å². The van der Waals surface area contributed by atoms with Gasteiger partial charge in [0.15, 0.2) is 5.69 Å². The van der Waals surface area contributed by atoms with Gasteiger partial charge in [0.05, 0.1) is 22.4 Å². The van der Waals surface area contributed by atoms with E-state index in [9.17, 15) is 14.9 Å². The van der Waals surface area contributed by atoms with Gasteiger partial charge in [-0.05, 0) is 44.5 Å². The molecule has 9 heteroatoms. The molecule has 0 radical (unpaired) electrons. The maximum Gasteiger partial charge on any atom is 0.274 e. The van der Waals surface area contributed by atoms with Crippen LogP contribution in [0.2, 0.25) is 0 Å². The summed E-state index contributed by atoms with van der Waals surface area (Å²) < 4.78 is 7.00. The van der Waals surface area contributed by atoms with E-state index in [1.54, 1.807) is 19.1 Å². The zero-order valence-electron chi connectivity index (χ0n) is 16.3. The zero-order chi connectivity index (χ0) is 21.0. The summed E-state index contributed by atoms with van der Waals surface area (Å²) in [4.78, 5) is 23.0. The number of ether oxygens (including phenoxy) is 1. The first-order valence-electron chi connectivity index (χ1n) is 9.06. The van der Waals surface area contributed by atoms with E-state index in [2.05, 4.69) is 15.6 Å². The van der Waals surface area contributed by atoms with Crippen LogP contribution in [-0.4, -0.2) is 31.9 Å². The van der Waals surface area contributed by atoms with Crippen LogP contribution in [0.25, 0.3) is 5.69 Å². The van der Waals surface area contributed by atoms with Crippen LogP contribution in [0.3, 0.4) is 0 Å². The smallest absolute Gasteiger partial charge is 0.274 e. The molecule has 0 aliphatic carbocycles. The quantitative estimate of drug-likeness (QED) is 0.486. The summed E-state index contributed by atoms with van der Waals surface area (Å²) in [5.41, 5.74) is 1.97. The second-order valence-electron chi connectivity index (χ2n) is 6.71. The molecule has 0 bridgehead atoms. The van der Waals surface area contributed by atoms with Crippen molar-refractivity contribution in [3.63, 3.8) is 0 Å². The molecule has 1 amide bonds. The molecule has 1 aromatic heterocycles. The minimum Gasteiger partial charge on any atom is -0.491 e. The predicted octanol–water partition coefficient (Wildman–Crippen LogP) is 3.20. The number of nitro benzene ring substituents is 1. The van der Waals surface area contributed by atoms with Crippen molar-refractivity contribution in [2.45, 2.75) is 33.4 Å². The number of aromatic nitrogens is 3. The van der Waals surface area contributed by atoms with Gasteiger partial charge in [0.2, 0.25) is 0 Å². The number of carbonyl (C=O) groups is 1. The Balaban J connectivity index is 1.69. The van der Waals surface area contributed by atoms with Gasteiger partial charge in [-0.25, -0.2) is 4.68 Å². The Morgan fingerprint density at radius 2 is 1.97 bits per heavy atom. The Labute approximate surface area is 167 Å². The minimum absolute atomic E-state index is 0.0618. The lowest BCUT2D eigenvalue weighted by Crippen LogP contribution is -2.24. The van der Waals surface area contributed by atoms with Gasteiger partial charge in [-0.2, -0.15) is 0 Å². The molecule has 1 heterocycles. The molecule has 0 fully saturated rings. The molecule has 0 atom stereocenters. The van der Waals surface area contributed by atoms with E-state index >= 15 is 0 Å². The fourth-order valence-corrected chi connectivity index (χ4v) is 2.75. The van der Waals surface area contributed by atoms with E-state index in [1.165, 1.54) is 16.8 Å². The fourth-order valence-electron chi connectivity index (χ4n) is 2.75. The van der Waals surface area contributed by atoms with Crippen molar-refractivity contribution < 1.29 is 14.5 Å². The summed E-state index contributed by atoms with van der Waals surface area (Å²) in [6.45, 7) is 5.92. The molecule has 29 heavy (non-hydrogen) atoms. The molecule has 3 aromatic rings. The molecule has 0 saturated carbocycles. The number of nitro groups is 1. The highest BCUT2D eigenvalue weighted by Gasteiger charge is 2.18. The number of carbonyl (C=O) groups excluding carboxylic acids is 1. The molecule has 0 spiro atoms. The lowest BCUT2D eigenvalue weighted by molar-refractivity contribution is -0.384. The highest BCUT2D eigenvalue weighted by atomic mass is 16.6. The summed E-state index contributed by atoms with van der Waals surface area (Å²) in [5, 5.41) is 21.7. The van der Waals surface area contributed by atoms with Crippen LogP contribution >= 0.6 is 0 Å². The SMILES string of the molecule is Cc1c(C(=O)NCc2ccc(OC(C)C)cc2)nnn1-c1cccc([N+](=O)[O-])c1. The molecule has 0 unspecified atom stereocenters. The van der Waals surface area contributed by atoms with Gasteiger partial charge < -0.3 is 10.1 Å². The van der Waals surface area contributed by atoms with Gasteiger partial charge in [-0.15, -0.1) is 5.10 Å². The molecule has 0 aliphatic rings. The van der Waals surface area contributed by atoms with E-state index in [0.717, 1.165) is 11.3 Å². The molecular formula is C20H21N5O4. The lowest BCUT2D eigenvalue weighted by atomic mass is 10.2. The Morgan fingerprint density at radius 3 is 2.62 bits per heavy atom. The number of non-ortho nitro benzene ring substituents is 1. The number of rotatable bonds is 7. The van der Waals surface area contributed by atoms with Crippen LogP contribution in [0.15, 0.2) is 48.5 Å². The normalized spacial score (nSPS) is 10.8. The third-order valence-corrected chi connectivity index (χ3v) is 4.14.